The molecule has 0 fully saturated rings. The molecule has 4 nitrogen and oxygen atoms in total. The van der Waals surface area contributed by atoms with Gasteiger partial charge in [0.15, 0.2) is 0 Å². The lowest BCUT2D eigenvalue weighted by molar-refractivity contribution is 0.410. The summed E-state index contributed by atoms with van der Waals surface area (Å²) >= 11 is 2.22. The van der Waals surface area contributed by atoms with Gasteiger partial charge in [-0.3, -0.25) is 0 Å². The molecule has 1 aromatic carbocycles. The van der Waals surface area contributed by atoms with E-state index in [-0.39, 0.29) is 6.04 Å². The molecule has 19 heavy (non-hydrogen) atoms. The van der Waals surface area contributed by atoms with Crippen molar-refractivity contribution in [2.45, 2.75) is 25.3 Å². The van der Waals surface area contributed by atoms with Gasteiger partial charge in [-0.05, 0) is 65.1 Å². The minimum absolute atomic E-state index is 0.248. The van der Waals surface area contributed by atoms with Crippen LogP contribution < -0.4 is 10.5 Å². The molecule has 0 aliphatic heterocycles. The van der Waals surface area contributed by atoms with E-state index in [1.807, 2.05) is 16.9 Å². The number of methoxy groups -OCH3 is 1. The minimum Gasteiger partial charge on any atom is -0.497 e. The SMILES string of the molecule is COc1ccc2c(c1)CCCC2n1ncc(I)c1N. The molecule has 5 heteroatoms. The Morgan fingerprint density at radius 1 is 1.47 bits per heavy atom. The third-order valence-corrected chi connectivity index (χ3v) is 4.55. The summed E-state index contributed by atoms with van der Waals surface area (Å²) < 4.78 is 8.26. The second-order valence-electron chi connectivity index (χ2n) is 4.80. The maximum absolute atomic E-state index is 6.11. The third kappa shape index (κ3) is 2.20. The number of rotatable bonds is 2. The summed E-state index contributed by atoms with van der Waals surface area (Å²) in [4.78, 5) is 0. The number of benzene rings is 1. The van der Waals surface area contributed by atoms with E-state index in [1.54, 1.807) is 7.11 Å². The predicted octanol–water partition coefficient (Wildman–Crippen LogP) is 3.00. The summed E-state index contributed by atoms with van der Waals surface area (Å²) in [5.74, 6) is 1.68. The highest BCUT2D eigenvalue weighted by molar-refractivity contribution is 14.1. The second kappa shape index (κ2) is 5.03. The molecule has 3 rings (SSSR count). The fourth-order valence-electron chi connectivity index (χ4n) is 2.75. The number of anilines is 1. The van der Waals surface area contributed by atoms with Crippen LogP contribution in [0, 0.1) is 3.57 Å². The van der Waals surface area contributed by atoms with E-state index in [1.165, 1.54) is 11.1 Å². The fraction of sp³-hybridized carbons (Fsp3) is 0.357. The molecular weight excluding hydrogens is 353 g/mol. The van der Waals surface area contributed by atoms with Crippen LogP contribution in [0.4, 0.5) is 5.82 Å². The Bertz CT molecular complexity index is 609. The predicted molar refractivity (Wildman–Crippen MR) is 83.4 cm³/mol. The van der Waals surface area contributed by atoms with Gasteiger partial charge in [-0.25, -0.2) is 4.68 Å². The van der Waals surface area contributed by atoms with E-state index < -0.39 is 0 Å². The van der Waals surface area contributed by atoms with Gasteiger partial charge < -0.3 is 10.5 Å². The zero-order valence-electron chi connectivity index (χ0n) is 10.8. The topological polar surface area (TPSA) is 53.1 Å². The van der Waals surface area contributed by atoms with Crippen LogP contribution in [0.2, 0.25) is 0 Å². The first-order valence-corrected chi connectivity index (χ1v) is 7.44. The first-order chi connectivity index (χ1) is 9.20. The molecule has 0 bridgehead atoms. The molecule has 0 amide bonds. The summed E-state index contributed by atoms with van der Waals surface area (Å²) in [6.45, 7) is 0. The average molecular weight is 369 g/mol. The quantitative estimate of drug-likeness (QED) is 0.829. The van der Waals surface area contributed by atoms with Crippen LogP contribution in [0.5, 0.6) is 5.75 Å². The first kappa shape index (κ1) is 12.8. The third-order valence-electron chi connectivity index (χ3n) is 3.72. The molecular formula is C14H16IN3O. The van der Waals surface area contributed by atoms with Crippen LogP contribution in [-0.2, 0) is 6.42 Å². The van der Waals surface area contributed by atoms with E-state index in [4.69, 9.17) is 10.5 Å². The Kier molecular flexibility index (Phi) is 3.38. The molecule has 1 aromatic heterocycles. The lowest BCUT2D eigenvalue weighted by atomic mass is 9.87. The van der Waals surface area contributed by atoms with Crippen molar-refractivity contribution >= 4 is 28.4 Å². The van der Waals surface area contributed by atoms with Gasteiger partial charge in [-0.2, -0.15) is 5.10 Å². The molecule has 2 aromatic rings. The Balaban J connectivity index is 2.05. The molecule has 1 heterocycles. The van der Waals surface area contributed by atoms with Crippen LogP contribution in [0.25, 0.3) is 0 Å². The van der Waals surface area contributed by atoms with Gasteiger partial charge in [0.2, 0.25) is 0 Å². The molecule has 1 aliphatic rings. The van der Waals surface area contributed by atoms with Crippen molar-refractivity contribution in [3.63, 3.8) is 0 Å². The highest BCUT2D eigenvalue weighted by Gasteiger charge is 2.24. The molecule has 0 saturated heterocycles. The van der Waals surface area contributed by atoms with E-state index in [9.17, 15) is 0 Å². The Hall–Kier alpha value is -1.24. The van der Waals surface area contributed by atoms with E-state index in [0.717, 1.165) is 34.4 Å². The largest absolute Gasteiger partial charge is 0.497 e. The molecule has 0 radical (unpaired) electrons. The molecule has 100 valence electrons. The number of hydrogen-bond acceptors (Lipinski definition) is 3. The summed E-state index contributed by atoms with van der Waals surface area (Å²) in [5, 5.41) is 4.43. The monoisotopic (exact) mass is 369 g/mol. The van der Waals surface area contributed by atoms with Gasteiger partial charge in [-0.15, -0.1) is 0 Å². The average Bonchev–Trinajstić information content (AvgIpc) is 2.77. The number of nitrogens with two attached hydrogens (primary N) is 1. The summed E-state index contributed by atoms with van der Waals surface area (Å²) in [7, 11) is 1.70. The second-order valence-corrected chi connectivity index (χ2v) is 5.96. The van der Waals surface area contributed by atoms with Crippen molar-refractivity contribution in [3.8, 4) is 5.75 Å². The van der Waals surface area contributed by atoms with E-state index in [0.29, 0.717) is 0 Å². The molecule has 1 aliphatic carbocycles. The van der Waals surface area contributed by atoms with Gasteiger partial charge in [0.25, 0.3) is 0 Å². The number of nitrogen functional groups attached to an aromatic ring is 1. The number of hydrogen-bond donors (Lipinski definition) is 1. The minimum atomic E-state index is 0.248. The zero-order chi connectivity index (χ0) is 13.4. The number of ether oxygens (including phenoxy) is 1. The van der Waals surface area contributed by atoms with Crippen LogP contribution in [0.15, 0.2) is 24.4 Å². The number of aromatic nitrogens is 2. The van der Waals surface area contributed by atoms with Gasteiger partial charge in [0.1, 0.15) is 11.6 Å². The Labute approximate surface area is 126 Å². The highest BCUT2D eigenvalue weighted by atomic mass is 127. The lowest BCUT2D eigenvalue weighted by Gasteiger charge is -2.27. The van der Waals surface area contributed by atoms with Crippen molar-refractivity contribution in [2.75, 3.05) is 12.8 Å². The maximum atomic E-state index is 6.11. The maximum Gasteiger partial charge on any atom is 0.135 e. The van der Waals surface area contributed by atoms with Crippen molar-refractivity contribution in [3.05, 3.63) is 39.1 Å². The van der Waals surface area contributed by atoms with Crippen LogP contribution in [0.1, 0.15) is 30.0 Å². The van der Waals surface area contributed by atoms with E-state index >= 15 is 0 Å². The smallest absolute Gasteiger partial charge is 0.135 e. The molecule has 1 unspecified atom stereocenters. The number of halogens is 1. The summed E-state index contributed by atoms with van der Waals surface area (Å²) in [6.07, 6.45) is 5.16. The van der Waals surface area contributed by atoms with Gasteiger partial charge >= 0.3 is 0 Å². The summed E-state index contributed by atoms with van der Waals surface area (Å²) in [5.41, 5.74) is 8.78. The fourth-order valence-corrected chi connectivity index (χ4v) is 3.12. The zero-order valence-corrected chi connectivity index (χ0v) is 12.9. The number of aryl methyl sites for hydroxylation is 1. The highest BCUT2D eigenvalue weighted by Crippen LogP contribution is 2.36. The Morgan fingerprint density at radius 3 is 3.00 bits per heavy atom. The van der Waals surface area contributed by atoms with Crippen molar-refractivity contribution in [1.82, 2.24) is 9.78 Å². The van der Waals surface area contributed by atoms with Gasteiger partial charge in [-0.1, -0.05) is 6.07 Å². The first-order valence-electron chi connectivity index (χ1n) is 6.36. The molecule has 2 N–H and O–H groups in total. The van der Waals surface area contributed by atoms with E-state index in [2.05, 4.69) is 39.8 Å². The lowest BCUT2D eigenvalue weighted by Crippen LogP contribution is -2.20. The van der Waals surface area contributed by atoms with Crippen LogP contribution >= 0.6 is 22.6 Å². The Morgan fingerprint density at radius 2 is 2.32 bits per heavy atom. The normalized spacial score (nSPS) is 18.1. The van der Waals surface area contributed by atoms with Crippen molar-refractivity contribution in [2.24, 2.45) is 0 Å². The van der Waals surface area contributed by atoms with Gasteiger partial charge in [0.05, 0.1) is 22.9 Å². The van der Waals surface area contributed by atoms with Crippen LogP contribution in [0.3, 0.4) is 0 Å². The number of fused-ring (bicyclic) bond motifs is 1. The van der Waals surface area contributed by atoms with Crippen LogP contribution in [-0.4, -0.2) is 16.9 Å². The summed E-state index contributed by atoms with van der Waals surface area (Å²) in [6, 6.07) is 6.54. The standard InChI is InChI=1S/C14H16IN3O/c1-19-10-5-6-11-9(7-10)3-2-4-13(11)18-14(16)12(15)8-17-18/h5-8,13H,2-4,16H2,1H3. The van der Waals surface area contributed by atoms with Gasteiger partial charge in [0, 0.05) is 0 Å². The molecule has 1 atom stereocenters. The van der Waals surface area contributed by atoms with Crippen molar-refractivity contribution in [1.29, 1.82) is 0 Å². The number of nitrogens with zero attached hydrogens (tertiary/aromatic N) is 2. The van der Waals surface area contributed by atoms with Crippen molar-refractivity contribution < 1.29 is 4.74 Å². The molecule has 0 saturated carbocycles. The molecule has 0 spiro atoms.